The van der Waals surface area contributed by atoms with Crippen molar-refractivity contribution >= 4 is 15.9 Å². The summed E-state index contributed by atoms with van der Waals surface area (Å²) >= 11 is 0. The van der Waals surface area contributed by atoms with Gasteiger partial charge in [0.2, 0.25) is 15.9 Å². The van der Waals surface area contributed by atoms with Gasteiger partial charge in [-0.2, -0.15) is 4.31 Å². The molecule has 3 rings (SSSR count). The second-order valence-corrected chi connectivity index (χ2v) is 9.10. The Morgan fingerprint density at radius 3 is 2.48 bits per heavy atom. The minimum atomic E-state index is -3.49. The molecule has 2 fully saturated rings. The summed E-state index contributed by atoms with van der Waals surface area (Å²) in [5.41, 5.74) is 0.750. The molecular weight excluding hydrogens is 366 g/mol. The van der Waals surface area contributed by atoms with Crippen molar-refractivity contribution in [3.8, 4) is 0 Å². The Bertz CT molecular complexity index is 739. The van der Waals surface area contributed by atoms with Gasteiger partial charge in [0, 0.05) is 45.2 Å². The first-order valence-corrected chi connectivity index (χ1v) is 11.1. The van der Waals surface area contributed by atoms with Crippen LogP contribution in [-0.2, 0) is 19.6 Å². The Labute approximate surface area is 161 Å². The zero-order valence-corrected chi connectivity index (χ0v) is 16.7. The number of sulfonamides is 1. The molecule has 0 atom stereocenters. The highest BCUT2D eigenvalue weighted by Gasteiger charge is 2.32. The van der Waals surface area contributed by atoms with Crippen LogP contribution in [0.5, 0.6) is 0 Å². The number of nitrogens with one attached hydrogen (secondary N) is 1. The average Bonchev–Trinajstić information content (AvgIpc) is 2.69. The van der Waals surface area contributed by atoms with Gasteiger partial charge in [0.05, 0.1) is 18.1 Å². The fourth-order valence-electron chi connectivity index (χ4n) is 3.65. The molecule has 0 bridgehead atoms. The lowest BCUT2D eigenvalue weighted by molar-refractivity contribution is -0.126. The van der Waals surface area contributed by atoms with Crippen molar-refractivity contribution in [1.29, 1.82) is 0 Å². The highest BCUT2D eigenvalue weighted by Crippen LogP contribution is 2.25. The molecule has 0 aliphatic carbocycles. The molecule has 1 aromatic carbocycles. The number of carbonyl (C=O) groups is 1. The monoisotopic (exact) mass is 395 g/mol. The Hall–Kier alpha value is -1.48. The first-order valence-electron chi connectivity index (χ1n) is 9.62. The molecular formula is C19H29N3O4S. The maximum Gasteiger partial charge on any atom is 0.243 e. The Morgan fingerprint density at radius 2 is 1.81 bits per heavy atom. The highest BCUT2D eigenvalue weighted by molar-refractivity contribution is 7.89. The van der Waals surface area contributed by atoms with Crippen LogP contribution in [0.3, 0.4) is 0 Å². The summed E-state index contributed by atoms with van der Waals surface area (Å²) in [6.45, 7) is 7.35. The summed E-state index contributed by atoms with van der Waals surface area (Å²) in [5, 5.41) is 3.00. The number of benzene rings is 1. The van der Waals surface area contributed by atoms with Gasteiger partial charge in [0.25, 0.3) is 0 Å². The molecule has 8 heteroatoms. The van der Waals surface area contributed by atoms with E-state index in [-0.39, 0.29) is 11.8 Å². The molecule has 0 saturated carbocycles. The molecule has 7 nitrogen and oxygen atoms in total. The van der Waals surface area contributed by atoms with Crippen LogP contribution in [0.25, 0.3) is 0 Å². The van der Waals surface area contributed by atoms with Gasteiger partial charge in [-0.3, -0.25) is 9.69 Å². The third-order valence-electron chi connectivity index (χ3n) is 5.37. The molecule has 1 aromatic rings. The second kappa shape index (κ2) is 9.14. The largest absolute Gasteiger partial charge is 0.379 e. The van der Waals surface area contributed by atoms with Crippen LogP contribution in [0.15, 0.2) is 29.2 Å². The fraction of sp³-hybridized carbons (Fsp3) is 0.632. The Kier molecular flexibility index (Phi) is 6.86. The van der Waals surface area contributed by atoms with Gasteiger partial charge < -0.3 is 10.1 Å². The van der Waals surface area contributed by atoms with Crippen molar-refractivity contribution in [2.75, 3.05) is 52.5 Å². The number of hydrogen-bond acceptors (Lipinski definition) is 5. The molecule has 0 unspecified atom stereocenters. The van der Waals surface area contributed by atoms with Gasteiger partial charge in [0.15, 0.2) is 0 Å². The van der Waals surface area contributed by atoms with Gasteiger partial charge in [-0.1, -0.05) is 18.2 Å². The molecule has 0 radical (unpaired) electrons. The van der Waals surface area contributed by atoms with Crippen molar-refractivity contribution < 1.29 is 17.9 Å². The molecule has 27 heavy (non-hydrogen) atoms. The van der Waals surface area contributed by atoms with Crippen LogP contribution in [0, 0.1) is 12.8 Å². The first-order chi connectivity index (χ1) is 13.0. The normalized spacial score (nSPS) is 20.5. The lowest BCUT2D eigenvalue weighted by atomic mass is 9.97. The van der Waals surface area contributed by atoms with E-state index in [0.29, 0.717) is 37.4 Å². The zero-order valence-electron chi connectivity index (χ0n) is 15.9. The van der Waals surface area contributed by atoms with E-state index in [0.717, 1.165) is 38.4 Å². The minimum Gasteiger partial charge on any atom is -0.379 e. The SMILES string of the molecule is Cc1ccccc1S(=O)(=O)N1CCC(C(=O)NCCN2CCOCC2)CC1. The summed E-state index contributed by atoms with van der Waals surface area (Å²) in [5.74, 6) is -0.0748. The molecule has 2 aliphatic heterocycles. The Morgan fingerprint density at radius 1 is 1.15 bits per heavy atom. The van der Waals surface area contributed by atoms with Gasteiger partial charge in [-0.25, -0.2) is 8.42 Å². The summed E-state index contributed by atoms with van der Waals surface area (Å²) in [6, 6.07) is 7.03. The van der Waals surface area contributed by atoms with E-state index in [1.807, 2.05) is 19.1 Å². The van der Waals surface area contributed by atoms with Crippen LogP contribution in [0.1, 0.15) is 18.4 Å². The van der Waals surface area contributed by atoms with Crippen molar-refractivity contribution in [2.45, 2.75) is 24.7 Å². The van der Waals surface area contributed by atoms with E-state index in [1.54, 1.807) is 12.1 Å². The lowest BCUT2D eigenvalue weighted by Crippen LogP contribution is -2.45. The molecule has 2 heterocycles. The molecule has 2 saturated heterocycles. The fourth-order valence-corrected chi connectivity index (χ4v) is 5.34. The number of piperidine rings is 1. The number of carbonyl (C=O) groups excluding carboxylic acids is 1. The van der Waals surface area contributed by atoms with Crippen molar-refractivity contribution in [2.24, 2.45) is 5.92 Å². The smallest absolute Gasteiger partial charge is 0.243 e. The van der Waals surface area contributed by atoms with Crippen LogP contribution in [0.2, 0.25) is 0 Å². The van der Waals surface area contributed by atoms with Crippen molar-refractivity contribution in [3.63, 3.8) is 0 Å². The predicted molar refractivity (Wildman–Crippen MR) is 103 cm³/mol. The average molecular weight is 396 g/mol. The van der Waals surface area contributed by atoms with Crippen LogP contribution >= 0.6 is 0 Å². The zero-order chi connectivity index (χ0) is 19.3. The quantitative estimate of drug-likeness (QED) is 0.772. The first kappa shape index (κ1) is 20.3. The molecule has 150 valence electrons. The number of amides is 1. The topological polar surface area (TPSA) is 79.0 Å². The minimum absolute atomic E-state index is 0.0381. The van der Waals surface area contributed by atoms with E-state index in [1.165, 1.54) is 4.31 Å². The number of rotatable bonds is 6. The Balaban J connectivity index is 1.46. The third kappa shape index (κ3) is 5.07. The van der Waals surface area contributed by atoms with E-state index in [2.05, 4.69) is 10.2 Å². The molecule has 0 aromatic heterocycles. The van der Waals surface area contributed by atoms with E-state index >= 15 is 0 Å². The molecule has 2 aliphatic rings. The standard InChI is InChI=1S/C19H29N3O4S/c1-16-4-2-3-5-18(16)27(24,25)22-9-6-17(7-10-22)19(23)20-8-11-21-12-14-26-15-13-21/h2-5,17H,6-15H2,1H3,(H,20,23). The second-order valence-electron chi connectivity index (χ2n) is 7.19. The van der Waals surface area contributed by atoms with Gasteiger partial charge in [0.1, 0.15) is 0 Å². The van der Waals surface area contributed by atoms with Crippen LogP contribution in [0.4, 0.5) is 0 Å². The summed E-state index contributed by atoms with van der Waals surface area (Å²) in [6.07, 6.45) is 1.13. The van der Waals surface area contributed by atoms with Crippen LogP contribution < -0.4 is 5.32 Å². The molecule has 1 amide bonds. The molecule has 0 spiro atoms. The number of aryl methyl sites for hydroxylation is 1. The van der Waals surface area contributed by atoms with Gasteiger partial charge in [-0.05, 0) is 31.4 Å². The van der Waals surface area contributed by atoms with E-state index in [9.17, 15) is 13.2 Å². The molecule has 1 N–H and O–H groups in total. The van der Waals surface area contributed by atoms with Crippen molar-refractivity contribution in [3.05, 3.63) is 29.8 Å². The lowest BCUT2D eigenvalue weighted by Gasteiger charge is -2.31. The van der Waals surface area contributed by atoms with Gasteiger partial charge in [-0.15, -0.1) is 0 Å². The number of ether oxygens (including phenoxy) is 1. The number of hydrogen-bond donors (Lipinski definition) is 1. The number of nitrogens with zero attached hydrogens (tertiary/aromatic N) is 2. The highest BCUT2D eigenvalue weighted by atomic mass is 32.2. The maximum atomic E-state index is 12.8. The van der Waals surface area contributed by atoms with Crippen molar-refractivity contribution in [1.82, 2.24) is 14.5 Å². The predicted octanol–water partition coefficient (Wildman–Crippen LogP) is 0.844. The summed E-state index contributed by atoms with van der Waals surface area (Å²) in [4.78, 5) is 15.0. The van der Waals surface area contributed by atoms with Crippen LogP contribution in [-0.4, -0.2) is 76.0 Å². The third-order valence-corrected chi connectivity index (χ3v) is 7.43. The maximum absolute atomic E-state index is 12.8. The summed E-state index contributed by atoms with van der Waals surface area (Å²) < 4.78 is 32.5. The van der Waals surface area contributed by atoms with E-state index < -0.39 is 10.0 Å². The number of morpholine rings is 1. The summed E-state index contributed by atoms with van der Waals surface area (Å²) in [7, 11) is -3.49. The van der Waals surface area contributed by atoms with Gasteiger partial charge >= 0.3 is 0 Å². The van der Waals surface area contributed by atoms with E-state index in [4.69, 9.17) is 4.74 Å².